The molecular weight excluding hydrogens is 346 g/mol. The van der Waals surface area contributed by atoms with Crippen molar-refractivity contribution in [2.24, 2.45) is 5.41 Å². The zero-order chi connectivity index (χ0) is 18.9. The first-order valence-corrected chi connectivity index (χ1v) is 9.77. The monoisotopic (exact) mass is 373 g/mol. The summed E-state index contributed by atoms with van der Waals surface area (Å²) in [7, 11) is 0. The highest BCUT2D eigenvalue weighted by molar-refractivity contribution is 7.71. The quantitative estimate of drug-likeness (QED) is 0.809. The van der Waals surface area contributed by atoms with Gasteiger partial charge < -0.3 is 9.88 Å². The maximum Gasteiger partial charge on any atom is 0.262 e. The third-order valence-electron chi connectivity index (χ3n) is 5.83. The minimum absolute atomic E-state index is 0.114. The Hall–Kier alpha value is -1.95. The summed E-state index contributed by atoms with van der Waals surface area (Å²) in [5.74, 6) is 0.114. The van der Waals surface area contributed by atoms with Crippen molar-refractivity contribution in [2.75, 3.05) is 6.54 Å². The molecule has 0 unspecified atom stereocenters. The molecule has 0 aliphatic carbocycles. The van der Waals surface area contributed by atoms with Crippen molar-refractivity contribution in [1.82, 2.24) is 14.5 Å². The summed E-state index contributed by atoms with van der Waals surface area (Å²) in [6, 6.07) is 7.59. The SMILES string of the molecule is CCC(C)(C)[C@H]1CCCN1C(=O)CCn1c(=S)[nH]c2ccccc2c1=O. The van der Waals surface area contributed by atoms with Crippen molar-refractivity contribution in [1.29, 1.82) is 0 Å². The molecule has 0 bridgehead atoms. The van der Waals surface area contributed by atoms with Gasteiger partial charge in [-0.2, -0.15) is 0 Å². The number of benzene rings is 1. The van der Waals surface area contributed by atoms with Crippen LogP contribution in [0.3, 0.4) is 0 Å². The highest BCUT2D eigenvalue weighted by Crippen LogP contribution is 2.36. The van der Waals surface area contributed by atoms with Crippen LogP contribution < -0.4 is 5.56 Å². The van der Waals surface area contributed by atoms with Crippen molar-refractivity contribution in [3.8, 4) is 0 Å². The van der Waals surface area contributed by atoms with E-state index < -0.39 is 0 Å². The molecule has 1 aromatic heterocycles. The molecule has 5 nitrogen and oxygen atoms in total. The summed E-state index contributed by atoms with van der Waals surface area (Å²) in [5, 5.41) is 0.597. The second-order valence-electron chi connectivity index (χ2n) is 7.77. The third kappa shape index (κ3) is 3.47. The lowest BCUT2D eigenvalue weighted by molar-refractivity contribution is -0.134. The molecule has 2 heterocycles. The number of fused-ring (bicyclic) bond motifs is 1. The van der Waals surface area contributed by atoms with E-state index in [1.165, 1.54) is 4.57 Å². The number of para-hydroxylation sites is 1. The fourth-order valence-corrected chi connectivity index (χ4v) is 4.15. The molecule has 1 fully saturated rings. The maximum absolute atomic E-state index is 12.8. The molecule has 3 rings (SSSR count). The van der Waals surface area contributed by atoms with Gasteiger partial charge in [-0.1, -0.05) is 32.9 Å². The maximum atomic E-state index is 12.8. The number of nitrogens with one attached hydrogen (secondary N) is 1. The van der Waals surface area contributed by atoms with Gasteiger partial charge in [-0.05, 0) is 49.0 Å². The lowest BCUT2D eigenvalue weighted by atomic mass is 9.80. The van der Waals surface area contributed by atoms with Crippen LogP contribution in [-0.4, -0.2) is 32.9 Å². The van der Waals surface area contributed by atoms with Gasteiger partial charge in [0.2, 0.25) is 5.91 Å². The largest absolute Gasteiger partial charge is 0.339 e. The van der Waals surface area contributed by atoms with Gasteiger partial charge in [0.05, 0.1) is 10.9 Å². The molecule has 1 atom stereocenters. The molecule has 26 heavy (non-hydrogen) atoms. The number of aromatic amines is 1. The number of carbonyl (C=O) groups excluding carboxylic acids is 1. The number of amides is 1. The molecule has 1 aliphatic heterocycles. The summed E-state index contributed by atoms with van der Waals surface area (Å²) < 4.78 is 1.87. The van der Waals surface area contributed by atoms with Crippen LogP contribution in [0.4, 0.5) is 0 Å². The second-order valence-corrected chi connectivity index (χ2v) is 8.16. The molecule has 0 saturated carbocycles. The molecule has 6 heteroatoms. The van der Waals surface area contributed by atoms with E-state index in [-0.39, 0.29) is 22.9 Å². The Balaban J connectivity index is 1.79. The summed E-state index contributed by atoms with van der Waals surface area (Å²) in [5.41, 5.74) is 0.710. The first-order chi connectivity index (χ1) is 12.3. The van der Waals surface area contributed by atoms with Gasteiger partial charge in [0.15, 0.2) is 4.77 Å². The number of carbonyl (C=O) groups is 1. The molecule has 0 spiro atoms. The van der Waals surface area contributed by atoms with Crippen molar-refractivity contribution >= 4 is 29.0 Å². The Morgan fingerprint density at radius 1 is 1.35 bits per heavy atom. The first-order valence-electron chi connectivity index (χ1n) is 9.36. The topological polar surface area (TPSA) is 58.1 Å². The lowest BCUT2D eigenvalue weighted by Gasteiger charge is -2.37. The molecule has 1 amide bonds. The molecular formula is C20H27N3O2S. The number of rotatable bonds is 5. The van der Waals surface area contributed by atoms with Gasteiger partial charge in [-0.25, -0.2) is 0 Å². The van der Waals surface area contributed by atoms with Crippen LogP contribution in [0.25, 0.3) is 10.9 Å². The lowest BCUT2D eigenvalue weighted by Crippen LogP contribution is -2.44. The number of hydrogen-bond donors (Lipinski definition) is 1. The number of aromatic nitrogens is 2. The van der Waals surface area contributed by atoms with Gasteiger partial charge in [-0.15, -0.1) is 0 Å². The van der Waals surface area contributed by atoms with Crippen molar-refractivity contribution in [2.45, 2.75) is 59.0 Å². The van der Waals surface area contributed by atoms with Gasteiger partial charge in [0, 0.05) is 25.6 Å². The van der Waals surface area contributed by atoms with E-state index in [0.29, 0.717) is 23.1 Å². The molecule has 140 valence electrons. The van der Waals surface area contributed by atoms with Crippen LogP contribution in [0.2, 0.25) is 0 Å². The van der Waals surface area contributed by atoms with E-state index in [1.54, 1.807) is 6.07 Å². The van der Waals surface area contributed by atoms with Crippen molar-refractivity contribution in [3.05, 3.63) is 39.4 Å². The van der Waals surface area contributed by atoms with Crippen molar-refractivity contribution in [3.63, 3.8) is 0 Å². The van der Waals surface area contributed by atoms with Gasteiger partial charge in [-0.3, -0.25) is 14.2 Å². The van der Waals surface area contributed by atoms with E-state index in [1.807, 2.05) is 23.1 Å². The van der Waals surface area contributed by atoms with E-state index in [0.717, 1.165) is 31.3 Å². The minimum atomic E-state index is -0.135. The zero-order valence-electron chi connectivity index (χ0n) is 15.7. The third-order valence-corrected chi connectivity index (χ3v) is 6.15. The minimum Gasteiger partial charge on any atom is -0.339 e. The van der Waals surface area contributed by atoms with Crippen LogP contribution in [0, 0.1) is 10.2 Å². The molecule has 0 radical (unpaired) electrons. The highest BCUT2D eigenvalue weighted by Gasteiger charge is 2.38. The van der Waals surface area contributed by atoms with E-state index in [4.69, 9.17) is 12.2 Å². The fourth-order valence-electron chi connectivity index (χ4n) is 3.87. The van der Waals surface area contributed by atoms with E-state index >= 15 is 0 Å². The second kappa shape index (κ2) is 7.35. The molecule has 2 aromatic rings. The summed E-state index contributed by atoms with van der Waals surface area (Å²) in [4.78, 5) is 30.7. The number of hydrogen-bond acceptors (Lipinski definition) is 3. The van der Waals surface area contributed by atoms with Gasteiger partial charge in [0.1, 0.15) is 0 Å². The number of H-pyrrole nitrogens is 1. The average Bonchev–Trinajstić information content (AvgIpc) is 3.12. The van der Waals surface area contributed by atoms with E-state index in [2.05, 4.69) is 25.8 Å². The summed E-state index contributed by atoms with van der Waals surface area (Å²) in [6.45, 7) is 7.76. The molecule has 1 N–H and O–H groups in total. The average molecular weight is 374 g/mol. The standard InChI is InChI=1S/C20H27N3O2S/c1-4-20(2,3)16-10-7-12-22(16)17(24)11-13-23-18(25)14-8-5-6-9-15(14)21-19(23)26/h5-6,8-9,16H,4,7,10-13H2,1-3H3,(H,21,26)/t16-/m1/s1. The predicted octanol–water partition coefficient (Wildman–Crippen LogP) is 3.88. The summed E-state index contributed by atoms with van der Waals surface area (Å²) >= 11 is 5.34. The Morgan fingerprint density at radius 3 is 2.81 bits per heavy atom. The van der Waals surface area contributed by atoms with Crippen molar-refractivity contribution < 1.29 is 4.79 Å². The molecule has 1 aliphatic rings. The smallest absolute Gasteiger partial charge is 0.262 e. The van der Waals surface area contributed by atoms with Crippen LogP contribution in [0.1, 0.15) is 46.5 Å². The molecule has 1 saturated heterocycles. The molecule has 1 aromatic carbocycles. The fraction of sp³-hybridized carbons (Fsp3) is 0.550. The Labute approximate surface area is 159 Å². The van der Waals surface area contributed by atoms with Crippen LogP contribution in [0.5, 0.6) is 0 Å². The highest BCUT2D eigenvalue weighted by atomic mass is 32.1. The number of likely N-dealkylation sites (tertiary alicyclic amines) is 1. The Kier molecular flexibility index (Phi) is 5.32. The number of nitrogens with zero attached hydrogens (tertiary/aromatic N) is 2. The van der Waals surface area contributed by atoms with Crippen LogP contribution >= 0.6 is 12.2 Å². The Morgan fingerprint density at radius 2 is 2.08 bits per heavy atom. The predicted molar refractivity (Wildman–Crippen MR) is 107 cm³/mol. The Bertz CT molecular complexity index is 929. The first kappa shape index (κ1) is 18.8. The normalized spacial score (nSPS) is 17.8. The zero-order valence-corrected chi connectivity index (χ0v) is 16.6. The van der Waals surface area contributed by atoms with Crippen LogP contribution in [-0.2, 0) is 11.3 Å². The summed E-state index contributed by atoms with van der Waals surface area (Å²) in [6.07, 6.45) is 3.45. The van der Waals surface area contributed by atoms with Gasteiger partial charge >= 0.3 is 0 Å². The van der Waals surface area contributed by atoms with Gasteiger partial charge in [0.25, 0.3) is 5.56 Å². The van der Waals surface area contributed by atoms with E-state index in [9.17, 15) is 9.59 Å². The van der Waals surface area contributed by atoms with Crippen LogP contribution in [0.15, 0.2) is 29.1 Å².